The lowest BCUT2D eigenvalue weighted by Gasteiger charge is -2.25. The molecule has 1 heteroatoms. The monoisotopic (exact) mass is 293 g/mol. The largest absolute Gasteiger partial charge is 0.335 e. The number of benzene rings is 2. The van der Waals surface area contributed by atoms with Gasteiger partial charge in [0.05, 0.1) is 0 Å². The van der Waals surface area contributed by atoms with Crippen LogP contribution in [0.2, 0.25) is 0 Å². The van der Waals surface area contributed by atoms with E-state index in [4.69, 9.17) is 0 Å². The van der Waals surface area contributed by atoms with Gasteiger partial charge in [0.15, 0.2) is 0 Å². The molecule has 0 bridgehead atoms. The maximum atomic E-state index is 2.48. The first-order valence-corrected chi connectivity index (χ1v) is 8.15. The molecule has 0 saturated carbocycles. The van der Waals surface area contributed by atoms with Crippen LogP contribution in [0.15, 0.2) is 36.4 Å². The number of nitrogens with zero attached hydrogens (tertiary/aromatic N) is 1. The van der Waals surface area contributed by atoms with E-state index in [2.05, 4.69) is 89.4 Å². The topological polar surface area (TPSA) is 4.93 Å². The molecule has 0 aliphatic heterocycles. The zero-order valence-corrected chi connectivity index (χ0v) is 14.9. The number of hydrogen-bond acceptors (Lipinski definition) is 0. The second kappa shape index (κ2) is 4.62. The van der Waals surface area contributed by atoms with E-state index in [1.165, 1.54) is 32.9 Å². The van der Waals surface area contributed by atoms with Gasteiger partial charge in [-0.05, 0) is 62.9 Å². The van der Waals surface area contributed by atoms with Crippen molar-refractivity contribution in [3.05, 3.63) is 47.5 Å². The van der Waals surface area contributed by atoms with Gasteiger partial charge >= 0.3 is 0 Å². The second-order valence-electron chi connectivity index (χ2n) is 8.51. The summed E-state index contributed by atoms with van der Waals surface area (Å²) < 4.78 is 2.48. The first-order chi connectivity index (χ1) is 10.1. The molecule has 0 fully saturated rings. The highest BCUT2D eigenvalue weighted by Gasteiger charge is 2.22. The summed E-state index contributed by atoms with van der Waals surface area (Å²) in [5, 5.41) is 2.75. The van der Waals surface area contributed by atoms with Gasteiger partial charge in [0.25, 0.3) is 0 Å². The predicted molar refractivity (Wildman–Crippen MR) is 97.9 cm³/mol. The van der Waals surface area contributed by atoms with Gasteiger partial charge in [-0.2, -0.15) is 0 Å². The molecule has 3 aromatic rings. The van der Waals surface area contributed by atoms with Crippen LogP contribution in [0.4, 0.5) is 0 Å². The van der Waals surface area contributed by atoms with Crippen molar-refractivity contribution in [1.82, 2.24) is 4.57 Å². The van der Waals surface area contributed by atoms with E-state index in [-0.39, 0.29) is 11.0 Å². The fraction of sp³-hybridized carbons (Fsp3) is 0.429. The standard InChI is InChI=1S/C21H27N/c1-14-8-10-18-16(12-14)17-13-15(20(2,3)4)9-11-19(17)22(18)21(5,6)7/h8-13H,1-7H3. The summed E-state index contributed by atoms with van der Waals surface area (Å²) in [4.78, 5) is 0. The van der Waals surface area contributed by atoms with E-state index in [0.29, 0.717) is 0 Å². The van der Waals surface area contributed by atoms with Gasteiger partial charge < -0.3 is 4.57 Å². The summed E-state index contributed by atoms with van der Waals surface area (Å²) in [6, 6.07) is 13.8. The smallest absolute Gasteiger partial charge is 0.0496 e. The van der Waals surface area contributed by atoms with Gasteiger partial charge in [-0.1, -0.05) is 38.5 Å². The summed E-state index contributed by atoms with van der Waals surface area (Å²) in [5.41, 5.74) is 5.63. The first kappa shape index (κ1) is 15.1. The number of hydrogen-bond donors (Lipinski definition) is 0. The molecule has 22 heavy (non-hydrogen) atoms. The van der Waals surface area contributed by atoms with Gasteiger partial charge in [0, 0.05) is 27.3 Å². The van der Waals surface area contributed by atoms with Gasteiger partial charge in [0.1, 0.15) is 0 Å². The van der Waals surface area contributed by atoms with Crippen molar-refractivity contribution in [2.24, 2.45) is 0 Å². The summed E-state index contributed by atoms with van der Waals surface area (Å²) in [7, 11) is 0. The molecule has 3 rings (SSSR count). The molecular weight excluding hydrogens is 266 g/mol. The van der Waals surface area contributed by atoms with Crippen molar-refractivity contribution in [2.45, 2.75) is 59.4 Å². The summed E-state index contributed by atoms with van der Waals surface area (Å²) in [5.74, 6) is 0. The molecule has 1 heterocycles. The minimum atomic E-state index is 0.0680. The Bertz CT molecular complexity index is 851. The van der Waals surface area contributed by atoms with E-state index >= 15 is 0 Å². The van der Waals surface area contributed by atoms with Crippen molar-refractivity contribution >= 4 is 21.8 Å². The number of rotatable bonds is 0. The van der Waals surface area contributed by atoms with Crippen molar-refractivity contribution in [2.75, 3.05) is 0 Å². The highest BCUT2D eigenvalue weighted by Crippen LogP contribution is 2.36. The van der Waals surface area contributed by atoms with Crippen LogP contribution in [-0.4, -0.2) is 4.57 Å². The molecule has 1 nitrogen and oxygen atoms in total. The van der Waals surface area contributed by atoms with Crippen molar-refractivity contribution in [3.8, 4) is 0 Å². The highest BCUT2D eigenvalue weighted by molar-refractivity contribution is 6.08. The molecule has 0 amide bonds. The molecule has 0 unspecified atom stereocenters. The molecule has 116 valence electrons. The zero-order valence-electron chi connectivity index (χ0n) is 14.9. The minimum absolute atomic E-state index is 0.0680. The molecule has 0 spiro atoms. The molecule has 0 aliphatic rings. The lowest BCUT2D eigenvalue weighted by atomic mass is 9.86. The van der Waals surface area contributed by atoms with E-state index in [0.717, 1.165) is 0 Å². The maximum absolute atomic E-state index is 2.48. The van der Waals surface area contributed by atoms with Gasteiger partial charge in [0.2, 0.25) is 0 Å². The Kier molecular flexibility index (Phi) is 3.18. The Morgan fingerprint density at radius 1 is 0.727 bits per heavy atom. The third kappa shape index (κ3) is 2.33. The highest BCUT2D eigenvalue weighted by atomic mass is 15.0. The SMILES string of the molecule is Cc1ccc2c(c1)c1cc(C(C)(C)C)ccc1n2C(C)(C)C. The normalized spacial score (nSPS) is 13.2. The minimum Gasteiger partial charge on any atom is -0.335 e. The molecular formula is C21H27N. The van der Waals surface area contributed by atoms with Crippen LogP contribution in [0.25, 0.3) is 21.8 Å². The average molecular weight is 293 g/mol. The third-order valence-electron chi connectivity index (χ3n) is 4.46. The van der Waals surface area contributed by atoms with Gasteiger partial charge in [-0.25, -0.2) is 0 Å². The summed E-state index contributed by atoms with van der Waals surface area (Å²) >= 11 is 0. The zero-order chi connectivity index (χ0) is 16.3. The Morgan fingerprint density at radius 2 is 1.27 bits per heavy atom. The maximum Gasteiger partial charge on any atom is 0.0496 e. The van der Waals surface area contributed by atoms with Crippen LogP contribution >= 0.6 is 0 Å². The Hall–Kier alpha value is -1.76. The fourth-order valence-corrected chi connectivity index (χ4v) is 3.33. The molecule has 0 N–H and O–H groups in total. The third-order valence-corrected chi connectivity index (χ3v) is 4.46. The number of aryl methyl sites for hydroxylation is 1. The predicted octanol–water partition coefficient (Wildman–Crippen LogP) is 6.16. The van der Waals surface area contributed by atoms with Crippen LogP contribution in [0.3, 0.4) is 0 Å². The van der Waals surface area contributed by atoms with E-state index in [9.17, 15) is 0 Å². The Balaban J connectivity index is 2.49. The Labute approximate surface area is 133 Å². The lowest BCUT2D eigenvalue weighted by molar-refractivity contribution is 0.423. The molecule has 1 aromatic heterocycles. The van der Waals surface area contributed by atoms with Gasteiger partial charge in [-0.15, -0.1) is 0 Å². The second-order valence-corrected chi connectivity index (χ2v) is 8.51. The lowest BCUT2D eigenvalue weighted by Crippen LogP contribution is -2.21. The molecule has 0 aliphatic carbocycles. The molecule has 0 saturated heterocycles. The van der Waals surface area contributed by atoms with Crippen LogP contribution < -0.4 is 0 Å². The molecule has 0 atom stereocenters. The fourth-order valence-electron chi connectivity index (χ4n) is 3.33. The molecule has 0 radical (unpaired) electrons. The van der Waals surface area contributed by atoms with Gasteiger partial charge in [-0.3, -0.25) is 0 Å². The number of fused-ring (bicyclic) bond motifs is 3. The van der Waals surface area contributed by atoms with Crippen LogP contribution in [0, 0.1) is 6.92 Å². The van der Waals surface area contributed by atoms with Crippen LogP contribution in [0.1, 0.15) is 52.7 Å². The first-order valence-electron chi connectivity index (χ1n) is 8.15. The Morgan fingerprint density at radius 3 is 1.82 bits per heavy atom. The van der Waals surface area contributed by atoms with E-state index in [1.54, 1.807) is 0 Å². The average Bonchev–Trinajstić information content (AvgIpc) is 2.70. The van der Waals surface area contributed by atoms with Crippen molar-refractivity contribution in [3.63, 3.8) is 0 Å². The summed E-state index contributed by atoms with van der Waals surface area (Å²) in [6.45, 7) is 15.9. The molecule has 2 aromatic carbocycles. The number of aromatic nitrogens is 1. The quantitative estimate of drug-likeness (QED) is 0.468. The van der Waals surface area contributed by atoms with Crippen molar-refractivity contribution in [1.29, 1.82) is 0 Å². The summed E-state index contributed by atoms with van der Waals surface area (Å²) in [6.07, 6.45) is 0. The van der Waals surface area contributed by atoms with E-state index < -0.39 is 0 Å². The van der Waals surface area contributed by atoms with Crippen LogP contribution in [-0.2, 0) is 11.0 Å². The van der Waals surface area contributed by atoms with E-state index in [1.807, 2.05) is 0 Å². The van der Waals surface area contributed by atoms with Crippen LogP contribution in [0.5, 0.6) is 0 Å². The van der Waals surface area contributed by atoms with Crippen molar-refractivity contribution < 1.29 is 0 Å².